The number of carbonyl (C=O) groups excluding carboxylic acids is 1. The molecule has 0 aliphatic heterocycles. The first-order chi connectivity index (χ1) is 14.9. The summed E-state index contributed by atoms with van der Waals surface area (Å²) >= 11 is 0. The van der Waals surface area contributed by atoms with Crippen molar-refractivity contribution in [1.82, 2.24) is 0 Å². The lowest BCUT2D eigenvalue weighted by molar-refractivity contribution is -0.173. The molecule has 3 aromatic carbocycles. The zero-order valence-electron chi connectivity index (χ0n) is 16.6. The number of fused-ring (bicyclic) bond motifs is 1. The van der Waals surface area contributed by atoms with Gasteiger partial charge >= 0.3 is 17.5 Å². The normalized spacial score (nSPS) is 11.5. The third-order valence-corrected chi connectivity index (χ3v) is 4.92. The van der Waals surface area contributed by atoms with E-state index in [0.717, 1.165) is 11.1 Å². The van der Waals surface area contributed by atoms with Gasteiger partial charge < -0.3 is 9.15 Å². The van der Waals surface area contributed by atoms with Crippen LogP contribution in [-0.4, -0.2) is 12.6 Å². The molecule has 0 bridgehead atoms. The summed E-state index contributed by atoms with van der Waals surface area (Å²) in [6.45, 7) is 1.17. The molecule has 0 saturated heterocycles. The second kappa shape index (κ2) is 8.14. The van der Waals surface area contributed by atoms with E-state index >= 15 is 8.78 Å². The van der Waals surface area contributed by atoms with Crippen LogP contribution in [0.5, 0.6) is 0 Å². The van der Waals surface area contributed by atoms with E-state index in [1.54, 1.807) is 48.5 Å². The van der Waals surface area contributed by atoms with Gasteiger partial charge in [0.05, 0.1) is 6.61 Å². The molecule has 156 valence electrons. The van der Waals surface area contributed by atoms with Crippen LogP contribution >= 0.6 is 0 Å². The lowest BCUT2D eigenvalue weighted by Crippen LogP contribution is -2.34. The summed E-state index contributed by atoms with van der Waals surface area (Å²) in [5.74, 6) is -5.98. The van der Waals surface area contributed by atoms with Crippen molar-refractivity contribution in [2.75, 3.05) is 6.61 Å². The Hall–Kier alpha value is -3.80. The molecule has 6 heteroatoms. The van der Waals surface area contributed by atoms with Gasteiger partial charge in [0.25, 0.3) is 0 Å². The Balaban J connectivity index is 2.09. The van der Waals surface area contributed by atoms with Crippen LogP contribution in [0.4, 0.5) is 8.78 Å². The zero-order chi connectivity index (χ0) is 22.0. The molecule has 0 saturated carbocycles. The van der Waals surface area contributed by atoms with Gasteiger partial charge in [0.1, 0.15) is 11.1 Å². The van der Waals surface area contributed by atoms with Gasteiger partial charge in [-0.3, -0.25) is 0 Å². The molecule has 0 aliphatic rings. The third kappa shape index (κ3) is 3.72. The lowest BCUT2D eigenvalue weighted by atomic mass is 9.92. The maximum Gasteiger partial charge on any atom is 0.382 e. The molecule has 0 aliphatic carbocycles. The van der Waals surface area contributed by atoms with E-state index in [0.29, 0.717) is 10.9 Å². The number of halogens is 2. The topological polar surface area (TPSA) is 56.5 Å². The van der Waals surface area contributed by atoms with Crippen molar-refractivity contribution < 1.29 is 22.7 Å². The van der Waals surface area contributed by atoms with Gasteiger partial charge in [-0.2, -0.15) is 8.78 Å². The lowest BCUT2D eigenvalue weighted by Gasteiger charge is -2.19. The van der Waals surface area contributed by atoms with Crippen molar-refractivity contribution in [2.24, 2.45) is 0 Å². The second-order valence-corrected chi connectivity index (χ2v) is 6.88. The van der Waals surface area contributed by atoms with Gasteiger partial charge in [-0.1, -0.05) is 66.7 Å². The molecule has 31 heavy (non-hydrogen) atoms. The summed E-state index contributed by atoms with van der Waals surface area (Å²) in [5, 5.41) is 0.297. The Morgan fingerprint density at radius 3 is 2.13 bits per heavy atom. The maximum atomic E-state index is 15.2. The van der Waals surface area contributed by atoms with E-state index in [2.05, 4.69) is 4.74 Å². The molecular formula is C25H18F2O4. The molecule has 0 amide bonds. The van der Waals surface area contributed by atoms with Crippen LogP contribution in [-0.2, 0) is 15.5 Å². The van der Waals surface area contributed by atoms with Crippen molar-refractivity contribution >= 4 is 16.9 Å². The minimum atomic E-state index is -4.18. The van der Waals surface area contributed by atoms with Crippen LogP contribution in [0.3, 0.4) is 0 Å². The highest BCUT2D eigenvalue weighted by molar-refractivity contribution is 5.99. The van der Waals surface area contributed by atoms with Crippen LogP contribution in [0.2, 0.25) is 0 Å². The number of benzene rings is 3. The number of hydrogen-bond donors (Lipinski definition) is 0. The maximum absolute atomic E-state index is 15.2. The Labute approximate surface area is 176 Å². The highest BCUT2D eigenvalue weighted by Crippen LogP contribution is 2.40. The number of hydrogen-bond acceptors (Lipinski definition) is 4. The largest absolute Gasteiger partial charge is 0.461 e. The quantitative estimate of drug-likeness (QED) is 0.303. The molecule has 4 rings (SSSR count). The molecule has 4 nitrogen and oxygen atoms in total. The fourth-order valence-corrected chi connectivity index (χ4v) is 3.53. The first kappa shape index (κ1) is 20.5. The van der Waals surface area contributed by atoms with E-state index < -0.39 is 23.1 Å². The Bertz CT molecular complexity index is 1300. The Kier molecular flexibility index (Phi) is 5.38. The predicted molar refractivity (Wildman–Crippen MR) is 114 cm³/mol. The van der Waals surface area contributed by atoms with E-state index in [4.69, 9.17) is 4.42 Å². The molecular weight excluding hydrogens is 402 g/mol. The average molecular weight is 420 g/mol. The summed E-state index contributed by atoms with van der Waals surface area (Å²) in [6.07, 6.45) is 0. The summed E-state index contributed by atoms with van der Waals surface area (Å²) in [5.41, 5.74) is -0.233. The van der Waals surface area contributed by atoms with Crippen molar-refractivity contribution in [2.45, 2.75) is 12.8 Å². The van der Waals surface area contributed by atoms with Crippen molar-refractivity contribution in [3.8, 4) is 22.3 Å². The van der Waals surface area contributed by atoms with Gasteiger partial charge in [0, 0.05) is 10.9 Å². The minimum absolute atomic E-state index is 0.0531. The van der Waals surface area contributed by atoms with Gasteiger partial charge in [-0.05, 0) is 35.7 Å². The van der Waals surface area contributed by atoms with Gasteiger partial charge in [0.2, 0.25) is 0 Å². The van der Waals surface area contributed by atoms with Gasteiger partial charge in [-0.15, -0.1) is 0 Å². The number of ether oxygens (including phenoxy) is 1. The Morgan fingerprint density at radius 2 is 1.52 bits per heavy atom. The fraction of sp³-hybridized carbons (Fsp3) is 0.120. The number of alkyl halides is 2. The summed E-state index contributed by atoms with van der Waals surface area (Å²) in [6, 6.07) is 22.7. The first-order valence-electron chi connectivity index (χ1n) is 9.70. The smallest absolute Gasteiger partial charge is 0.382 e. The molecule has 0 atom stereocenters. The van der Waals surface area contributed by atoms with Crippen LogP contribution in [0.25, 0.3) is 33.2 Å². The summed E-state index contributed by atoms with van der Waals surface area (Å²) in [7, 11) is 0. The number of rotatable bonds is 5. The summed E-state index contributed by atoms with van der Waals surface area (Å²) < 4.78 is 40.1. The van der Waals surface area contributed by atoms with Gasteiger partial charge in [-0.25, -0.2) is 9.59 Å². The second-order valence-electron chi connectivity index (χ2n) is 6.88. The van der Waals surface area contributed by atoms with Crippen LogP contribution in [0.15, 0.2) is 88.1 Å². The van der Waals surface area contributed by atoms with E-state index in [1.165, 1.54) is 6.92 Å². The van der Waals surface area contributed by atoms with E-state index in [1.807, 2.05) is 30.3 Å². The highest BCUT2D eigenvalue weighted by atomic mass is 19.3. The van der Waals surface area contributed by atoms with Crippen molar-refractivity contribution in [3.05, 3.63) is 94.8 Å². The van der Waals surface area contributed by atoms with E-state index in [9.17, 15) is 9.59 Å². The molecule has 0 unspecified atom stereocenters. The first-order valence-corrected chi connectivity index (χ1v) is 9.70. The number of carbonyl (C=O) groups is 1. The molecule has 4 aromatic rings. The fourth-order valence-electron chi connectivity index (χ4n) is 3.53. The monoisotopic (exact) mass is 420 g/mol. The third-order valence-electron chi connectivity index (χ3n) is 4.92. The minimum Gasteiger partial charge on any atom is -0.461 e. The highest BCUT2D eigenvalue weighted by Gasteiger charge is 2.48. The SMILES string of the molecule is CCOC(=O)C(F)(F)c1c(-c2ccccc2)c2cc(-c3ccccc3)ccc2oc1=O. The molecule has 0 radical (unpaired) electrons. The molecule has 1 aromatic heterocycles. The molecule has 0 N–H and O–H groups in total. The number of esters is 1. The standard InChI is InChI=1S/C25H18F2O4/c1-2-30-24(29)25(26,27)22-21(17-11-7-4-8-12-17)19-15-18(16-9-5-3-6-10-16)13-14-20(19)31-23(22)28/h3-15H,2H2,1H3. The molecule has 1 heterocycles. The molecule has 0 spiro atoms. The van der Waals surface area contributed by atoms with Crippen LogP contribution in [0, 0.1) is 0 Å². The van der Waals surface area contributed by atoms with Gasteiger partial charge in [0.15, 0.2) is 0 Å². The predicted octanol–water partition coefficient (Wildman–Crippen LogP) is 5.78. The van der Waals surface area contributed by atoms with Crippen molar-refractivity contribution in [3.63, 3.8) is 0 Å². The average Bonchev–Trinajstić information content (AvgIpc) is 2.79. The zero-order valence-corrected chi connectivity index (χ0v) is 16.6. The molecule has 0 fully saturated rings. The van der Waals surface area contributed by atoms with Crippen LogP contribution in [0.1, 0.15) is 12.5 Å². The van der Waals surface area contributed by atoms with Crippen LogP contribution < -0.4 is 5.63 Å². The Morgan fingerprint density at radius 1 is 0.903 bits per heavy atom. The van der Waals surface area contributed by atoms with E-state index in [-0.39, 0.29) is 17.8 Å². The summed E-state index contributed by atoms with van der Waals surface area (Å²) in [4.78, 5) is 24.8. The van der Waals surface area contributed by atoms with Crippen molar-refractivity contribution in [1.29, 1.82) is 0 Å².